The second-order valence-electron chi connectivity index (χ2n) is 7.78. The van der Waals surface area contributed by atoms with E-state index in [4.69, 9.17) is 0 Å². The first-order chi connectivity index (χ1) is 11.7. The zero-order valence-corrected chi connectivity index (χ0v) is 14.4. The molecule has 1 aromatic carbocycles. The van der Waals surface area contributed by atoms with E-state index >= 15 is 0 Å². The number of benzene rings is 1. The molecule has 4 rings (SSSR count). The highest BCUT2D eigenvalue weighted by Crippen LogP contribution is 2.36. The van der Waals surface area contributed by atoms with Gasteiger partial charge in [-0.05, 0) is 61.8 Å². The minimum Gasteiger partial charge on any atom is -0.393 e. The smallest absolute Gasteiger partial charge is 0.253 e. The minimum atomic E-state index is -0.152. The predicted octanol–water partition coefficient (Wildman–Crippen LogP) is 2.91. The molecule has 3 aliphatic rings. The molecule has 24 heavy (non-hydrogen) atoms. The summed E-state index contributed by atoms with van der Waals surface area (Å²) in [4.78, 5) is 17.2. The fourth-order valence-electron chi connectivity index (χ4n) is 4.69. The maximum absolute atomic E-state index is 12.8. The van der Waals surface area contributed by atoms with Crippen molar-refractivity contribution in [3.05, 3.63) is 29.8 Å². The molecule has 2 atom stereocenters. The number of anilines is 1. The van der Waals surface area contributed by atoms with Crippen molar-refractivity contribution in [2.24, 2.45) is 11.8 Å². The summed E-state index contributed by atoms with van der Waals surface area (Å²) < 4.78 is 0. The van der Waals surface area contributed by atoms with E-state index in [0.29, 0.717) is 0 Å². The molecule has 2 saturated heterocycles. The van der Waals surface area contributed by atoms with Crippen LogP contribution in [0.15, 0.2) is 24.3 Å². The molecule has 0 radical (unpaired) electrons. The van der Waals surface area contributed by atoms with Crippen LogP contribution in [-0.4, -0.2) is 48.2 Å². The fourth-order valence-corrected chi connectivity index (χ4v) is 4.69. The third-order valence-corrected chi connectivity index (χ3v) is 6.21. The number of amides is 1. The van der Waals surface area contributed by atoms with E-state index in [0.717, 1.165) is 62.1 Å². The molecule has 1 N–H and O–H groups in total. The summed E-state index contributed by atoms with van der Waals surface area (Å²) in [5.74, 6) is 1.67. The van der Waals surface area contributed by atoms with E-state index in [1.54, 1.807) is 0 Å². The van der Waals surface area contributed by atoms with Crippen LogP contribution in [-0.2, 0) is 0 Å². The molecule has 0 spiro atoms. The Morgan fingerprint density at radius 1 is 0.917 bits per heavy atom. The van der Waals surface area contributed by atoms with Gasteiger partial charge in [0.25, 0.3) is 5.91 Å². The zero-order valence-electron chi connectivity index (χ0n) is 14.4. The third-order valence-electron chi connectivity index (χ3n) is 6.21. The minimum absolute atomic E-state index is 0.152. The van der Waals surface area contributed by atoms with Gasteiger partial charge in [-0.15, -0.1) is 0 Å². The van der Waals surface area contributed by atoms with Crippen LogP contribution in [0.1, 0.15) is 48.9 Å². The SMILES string of the molecule is O=C(c1ccc(N2CCC(O)CC2)cc1)N1CC2CCCCC2C1. The van der Waals surface area contributed by atoms with Gasteiger partial charge in [-0.1, -0.05) is 12.8 Å². The van der Waals surface area contributed by atoms with Gasteiger partial charge < -0.3 is 14.9 Å². The van der Waals surface area contributed by atoms with Crippen molar-refractivity contribution in [1.82, 2.24) is 4.90 Å². The first-order valence-corrected chi connectivity index (χ1v) is 9.53. The number of fused-ring (bicyclic) bond motifs is 1. The Balaban J connectivity index is 1.40. The number of likely N-dealkylation sites (tertiary alicyclic amines) is 1. The molecule has 2 unspecified atom stereocenters. The summed E-state index contributed by atoms with van der Waals surface area (Å²) in [6.07, 6.45) is 6.78. The Morgan fingerprint density at radius 3 is 2.08 bits per heavy atom. The summed E-state index contributed by atoms with van der Waals surface area (Å²) in [5, 5.41) is 9.62. The van der Waals surface area contributed by atoms with Crippen LogP contribution in [0.2, 0.25) is 0 Å². The lowest BCUT2D eigenvalue weighted by molar-refractivity contribution is 0.0784. The lowest BCUT2D eigenvalue weighted by Crippen LogP contribution is -2.35. The first kappa shape index (κ1) is 15.9. The lowest BCUT2D eigenvalue weighted by atomic mass is 9.82. The first-order valence-electron chi connectivity index (χ1n) is 9.53. The van der Waals surface area contributed by atoms with Gasteiger partial charge in [0.2, 0.25) is 0 Å². The molecule has 1 aromatic rings. The van der Waals surface area contributed by atoms with E-state index in [1.165, 1.54) is 25.7 Å². The summed E-state index contributed by atoms with van der Waals surface area (Å²) in [6.45, 7) is 3.69. The number of piperidine rings is 1. The van der Waals surface area contributed by atoms with Crippen molar-refractivity contribution in [3.63, 3.8) is 0 Å². The van der Waals surface area contributed by atoms with Gasteiger partial charge in [-0.25, -0.2) is 0 Å². The van der Waals surface area contributed by atoms with Crippen LogP contribution in [0.4, 0.5) is 5.69 Å². The van der Waals surface area contributed by atoms with Gasteiger partial charge >= 0.3 is 0 Å². The number of carbonyl (C=O) groups is 1. The Morgan fingerprint density at radius 2 is 1.50 bits per heavy atom. The van der Waals surface area contributed by atoms with Gasteiger partial charge in [-0.3, -0.25) is 4.79 Å². The number of aliphatic hydroxyl groups is 1. The summed E-state index contributed by atoms with van der Waals surface area (Å²) in [5.41, 5.74) is 1.97. The maximum atomic E-state index is 12.8. The summed E-state index contributed by atoms with van der Waals surface area (Å²) in [7, 11) is 0. The standard InChI is InChI=1S/C20H28N2O2/c23-19-9-11-21(12-10-19)18-7-5-15(6-8-18)20(24)22-13-16-3-1-2-4-17(16)14-22/h5-8,16-17,19,23H,1-4,9-14H2. The van der Waals surface area contributed by atoms with E-state index in [1.807, 2.05) is 12.1 Å². The van der Waals surface area contributed by atoms with Crippen LogP contribution in [0.25, 0.3) is 0 Å². The molecular weight excluding hydrogens is 300 g/mol. The fraction of sp³-hybridized carbons (Fsp3) is 0.650. The summed E-state index contributed by atoms with van der Waals surface area (Å²) >= 11 is 0. The number of hydrogen-bond donors (Lipinski definition) is 1. The molecule has 2 heterocycles. The van der Waals surface area contributed by atoms with Gasteiger partial charge in [0, 0.05) is 37.4 Å². The van der Waals surface area contributed by atoms with E-state index in [2.05, 4.69) is 21.9 Å². The van der Waals surface area contributed by atoms with Crippen LogP contribution in [0.5, 0.6) is 0 Å². The predicted molar refractivity (Wildman–Crippen MR) is 95.2 cm³/mol. The number of rotatable bonds is 2. The Labute approximate surface area is 144 Å². The Bertz CT molecular complexity index is 564. The molecular formula is C20H28N2O2. The molecule has 1 amide bonds. The lowest BCUT2D eigenvalue weighted by Gasteiger charge is -2.31. The number of aliphatic hydroxyl groups excluding tert-OH is 1. The number of hydrogen-bond acceptors (Lipinski definition) is 3. The second kappa shape index (κ2) is 6.75. The third kappa shape index (κ3) is 3.16. The van der Waals surface area contributed by atoms with Crippen LogP contribution in [0.3, 0.4) is 0 Å². The average molecular weight is 328 g/mol. The van der Waals surface area contributed by atoms with Crippen LogP contribution in [0, 0.1) is 11.8 Å². The molecule has 0 bridgehead atoms. The van der Waals surface area contributed by atoms with E-state index in [-0.39, 0.29) is 12.0 Å². The number of carbonyl (C=O) groups excluding carboxylic acids is 1. The molecule has 130 valence electrons. The largest absolute Gasteiger partial charge is 0.393 e. The summed E-state index contributed by atoms with van der Waals surface area (Å²) in [6, 6.07) is 8.08. The average Bonchev–Trinajstić information content (AvgIpc) is 3.06. The maximum Gasteiger partial charge on any atom is 0.253 e. The highest BCUT2D eigenvalue weighted by Gasteiger charge is 2.36. The molecule has 0 aromatic heterocycles. The molecule has 2 aliphatic heterocycles. The normalized spacial score (nSPS) is 28.0. The molecule has 4 heteroatoms. The van der Waals surface area contributed by atoms with Crippen molar-refractivity contribution in [3.8, 4) is 0 Å². The number of nitrogens with zero attached hydrogens (tertiary/aromatic N) is 2. The zero-order chi connectivity index (χ0) is 16.5. The highest BCUT2D eigenvalue weighted by atomic mass is 16.3. The second-order valence-corrected chi connectivity index (χ2v) is 7.78. The molecule has 1 aliphatic carbocycles. The van der Waals surface area contributed by atoms with Crippen molar-refractivity contribution in [2.45, 2.75) is 44.6 Å². The van der Waals surface area contributed by atoms with Crippen molar-refractivity contribution >= 4 is 11.6 Å². The van der Waals surface area contributed by atoms with Crippen molar-refractivity contribution < 1.29 is 9.90 Å². The van der Waals surface area contributed by atoms with Crippen molar-refractivity contribution in [2.75, 3.05) is 31.1 Å². The highest BCUT2D eigenvalue weighted by molar-refractivity contribution is 5.94. The van der Waals surface area contributed by atoms with Gasteiger partial charge in [-0.2, -0.15) is 0 Å². The topological polar surface area (TPSA) is 43.8 Å². The van der Waals surface area contributed by atoms with Gasteiger partial charge in [0.1, 0.15) is 0 Å². The van der Waals surface area contributed by atoms with Crippen LogP contribution < -0.4 is 4.90 Å². The van der Waals surface area contributed by atoms with E-state index in [9.17, 15) is 9.90 Å². The van der Waals surface area contributed by atoms with Crippen molar-refractivity contribution in [1.29, 1.82) is 0 Å². The molecule has 1 saturated carbocycles. The van der Waals surface area contributed by atoms with Gasteiger partial charge in [0.05, 0.1) is 6.10 Å². The van der Waals surface area contributed by atoms with E-state index < -0.39 is 0 Å². The molecule has 4 nitrogen and oxygen atoms in total. The van der Waals surface area contributed by atoms with Crippen LogP contribution >= 0.6 is 0 Å². The Kier molecular flexibility index (Phi) is 4.49. The quantitative estimate of drug-likeness (QED) is 0.908. The monoisotopic (exact) mass is 328 g/mol. The molecule has 3 fully saturated rings. The Hall–Kier alpha value is -1.55. The van der Waals surface area contributed by atoms with Gasteiger partial charge in [0.15, 0.2) is 0 Å².